The van der Waals surface area contributed by atoms with E-state index in [0.717, 1.165) is 44.3 Å². The van der Waals surface area contributed by atoms with Crippen molar-refractivity contribution in [2.24, 2.45) is 10.2 Å². The van der Waals surface area contributed by atoms with Crippen LogP contribution in [0, 0.1) is 13.8 Å². The molecule has 0 unspecified atom stereocenters. The minimum absolute atomic E-state index is 0.306. The molecule has 0 saturated heterocycles. The van der Waals surface area contributed by atoms with Crippen LogP contribution in [0.3, 0.4) is 0 Å². The molecule has 5 rings (SSSR count). The average Bonchev–Trinajstić information content (AvgIpc) is 2.92. The van der Waals surface area contributed by atoms with Crippen LogP contribution in [-0.4, -0.2) is 34.2 Å². The molecule has 8 heteroatoms. The summed E-state index contributed by atoms with van der Waals surface area (Å²) in [6.45, 7) is 3.70. The number of hydrogen-bond donors (Lipinski definition) is 2. The van der Waals surface area contributed by atoms with Crippen LogP contribution in [0.15, 0.2) is 95.1 Å². The normalized spacial score (nSPS) is 11.4. The molecule has 38 heavy (non-hydrogen) atoms. The van der Waals surface area contributed by atoms with Gasteiger partial charge in [-0.15, -0.1) is 0 Å². The Morgan fingerprint density at radius 1 is 0.632 bits per heavy atom. The minimum Gasteiger partial charge on any atom is -0.267 e. The number of para-hydroxylation sites is 2. The molecule has 0 atom stereocenters. The second-order valence-corrected chi connectivity index (χ2v) is 8.72. The Labute approximate surface area is 219 Å². The Kier molecular flexibility index (Phi) is 6.95. The zero-order valence-corrected chi connectivity index (χ0v) is 20.8. The Balaban J connectivity index is 1.20. The number of rotatable bonds is 6. The second-order valence-electron chi connectivity index (χ2n) is 8.72. The number of carbonyl (C=O) groups excluding carboxylic acids is 2. The molecule has 186 valence electrons. The first-order valence-electron chi connectivity index (χ1n) is 12.0. The zero-order valence-electron chi connectivity index (χ0n) is 20.8. The van der Waals surface area contributed by atoms with Gasteiger partial charge in [0.25, 0.3) is 11.8 Å². The fraction of sp³-hybridized carbons (Fsp3) is 0.0667. The second kappa shape index (κ2) is 10.8. The lowest BCUT2D eigenvalue weighted by molar-refractivity contribution is 0.0948. The lowest BCUT2D eigenvalue weighted by Gasteiger charge is -2.06. The van der Waals surface area contributed by atoms with E-state index >= 15 is 0 Å². The molecule has 0 aliphatic heterocycles. The molecule has 2 aromatic heterocycles. The summed E-state index contributed by atoms with van der Waals surface area (Å²) in [7, 11) is 0. The summed E-state index contributed by atoms with van der Waals surface area (Å²) < 4.78 is 0. The fourth-order valence-electron chi connectivity index (χ4n) is 4.11. The Bertz CT molecular complexity index is 1600. The maximum Gasteiger partial charge on any atom is 0.272 e. The molecule has 0 radical (unpaired) electrons. The van der Waals surface area contributed by atoms with Gasteiger partial charge in [0.05, 0.1) is 34.6 Å². The lowest BCUT2D eigenvalue weighted by Crippen LogP contribution is -2.18. The first-order valence-corrected chi connectivity index (χ1v) is 12.0. The maximum absolute atomic E-state index is 12.7. The Hall–Kier alpha value is -5.24. The van der Waals surface area contributed by atoms with E-state index in [-0.39, 0.29) is 11.8 Å². The zero-order chi connectivity index (χ0) is 26.5. The smallest absolute Gasteiger partial charge is 0.267 e. The molecule has 0 aliphatic carbocycles. The lowest BCUT2D eigenvalue weighted by atomic mass is 10.1. The molecule has 2 heterocycles. The van der Waals surface area contributed by atoms with E-state index in [1.165, 1.54) is 0 Å². The van der Waals surface area contributed by atoms with Gasteiger partial charge in [-0.1, -0.05) is 60.7 Å². The number of nitrogens with zero attached hydrogens (tertiary/aromatic N) is 4. The van der Waals surface area contributed by atoms with Crippen molar-refractivity contribution in [2.75, 3.05) is 0 Å². The van der Waals surface area contributed by atoms with Gasteiger partial charge in [-0.2, -0.15) is 10.2 Å². The summed E-state index contributed by atoms with van der Waals surface area (Å²) in [5, 5.41) is 9.73. The van der Waals surface area contributed by atoms with Crippen molar-refractivity contribution in [1.29, 1.82) is 0 Å². The van der Waals surface area contributed by atoms with E-state index in [1.807, 2.05) is 86.6 Å². The molecule has 5 aromatic rings. The van der Waals surface area contributed by atoms with Crippen LogP contribution in [0.1, 0.15) is 43.2 Å². The summed E-state index contributed by atoms with van der Waals surface area (Å²) in [4.78, 5) is 34.4. The van der Waals surface area contributed by atoms with Crippen molar-refractivity contribution < 1.29 is 9.59 Å². The first kappa shape index (κ1) is 24.5. The highest BCUT2D eigenvalue weighted by Crippen LogP contribution is 2.19. The third-order valence-electron chi connectivity index (χ3n) is 5.87. The Morgan fingerprint density at radius 2 is 1.03 bits per heavy atom. The van der Waals surface area contributed by atoms with E-state index in [9.17, 15) is 9.59 Å². The maximum atomic E-state index is 12.7. The van der Waals surface area contributed by atoms with Gasteiger partial charge in [0, 0.05) is 22.2 Å². The summed E-state index contributed by atoms with van der Waals surface area (Å²) in [5.41, 5.74) is 10.8. The predicted octanol–water partition coefficient (Wildman–Crippen LogP) is 4.93. The number of fused-ring (bicyclic) bond motifs is 2. The van der Waals surface area contributed by atoms with Gasteiger partial charge in [-0.25, -0.2) is 10.9 Å². The first-order chi connectivity index (χ1) is 18.5. The van der Waals surface area contributed by atoms with Crippen molar-refractivity contribution in [1.82, 2.24) is 20.8 Å². The van der Waals surface area contributed by atoms with Crippen LogP contribution in [0.25, 0.3) is 21.8 Å². The summed E-state index contributed by atoms with van der Waals surface area (Å²) >= 11 is 0. The molecule has 8 nitrogen and oxygen atoms in total. The van der Waals surface area contributed by atoms with E-state index < -0.39 is 0 Å². The van der Waals surface area contributed by atoms with Crippen LogP contribution in [0.4, 0.5) is 0 Å². The highest BCUT2D eigenvalue weighted by Gasteiger charge is 2.12. The van der Waals surface area contributed by atoms with E-state index in [0.29, 0.717) is 11.1 Å². The van der Waals surface area contributed by atoms with Crippen molar-refractivity contribution >= 4 is 46.0 Å². The SMILES string of the molecule is Cc1cc(C(=O)N/N=C\c2ccc(/C=N/NC(=O)c3cc(C)nc4ccccc34)cc2)c2ccccc2n1. The highest BCUT2D eigenvalue weighted by atomic mass is 16.2. The van der Waals surface area contributed by atoms with Crippen LogP contribution in [0.5, 0.6) is 0 Å². The van der Waals surface area contributed by atoms with Crippen LogP contribution < -0.4 is 10.9 Å². The monoisotopic (exact) mass is 500 g/mol. The molecule has 0 bridgehead atoms. The molecule has 2 amide bonds. The molecule has 0 saturated carbocycles. The molecule has 3 aromatic carbocycles. The number of hydrogen-bond acceptors (Lipinski definition) is 6. The van der Waals surface area contributed by atoms with Crippen molar-refractivity contribution in [2.45, 2.75) is 13.8 Å². The van der Waals surface area contributed by atoms with Gasteiger partial charge in [0.15, 0.2) is 0 Å². The Morgan fingerprint density at radius 3 is 1.45 bits per heavy atom. The predicted molar refractivity (Wildman–Crippen MR) is 150 cm³/mol. The minimum atomic E-state index is -0.306. The number of aromatic nitrogens is 2. The summed E-state index contributed by atoms with van der Waals surface area (Å²) in [6.07, 6.45) is 3.13. The number of benzene rings is 3. The van der Waals surface area contributed by atoms with Crippen LogP contribution in [0.2, 0.25) is 0 Å². The number of pyridine rings is 2. The molecule has 0 spiro atoms. The molecule has 2 N–H and O–H groups in total. The topological polar surface area (TPSA) is 109 Å². The standard InChI is InChI=1S/C30H24N6O2/c1-19-15-25(23-7-3-5-9-27(23)33-19)29(37)35-31-17-21-11-13-22(14-12-21)18-32-36-30(38)26-16-20(2)34-28-10-6-4-8-24(26)28/h3-18H,1-2H3,(H,35,37)(H,36,38)/b31-17-,32-18+. The van der Waals surface area contributed by atoms with Crippen LogP contribution in [-0.2, 0) is 0 Å². The number of hydrazone groups is 2. The van der Waals surface area contributed by atoms with Gasteiger partial charge >= 0.3 is 0 Å². The van der Waals surface area contributed by atoms with Gasteiger partial charge in [-0.3, -0.25) is 19.6 Å². The van der Waals surface area contributed by atoms with Crippen LogP contribution >= 0.6 is 0 Å². The summed E-state index contributed by atoms with van der Waals surface area (Å²) in [6, 6.07) is 25.9. The average molecular weight is 501 g/mol. The van der Waals surface area contributed by atoms with E-state index in [2.05, 4.69) is 31.0 Å². The number of aryl methyl sites for hydroxylation is 2. The largest absolute Gasteiger partial charge is 0.272 e. The highest BCUT2D eigenvalue weighted by molar-refractivity contribution is 6.07. The van der Waals surface area contributed by atoms with E-state index in [1.54, 1.807) is 24.6 Å². The quantitative estimate of drug-likeness (QED) is 0.255. The van der Waals surface area contributed by atoms with Gasteiger partial charge < -0.3 is 0 Å². The third-order valence-corrected chi connectivity index (χ3v) is 5.87. The van der Waals surface area contributed by atoms with E-state index in [4.69, 9.17) is 0 Å². The molecule has 0 aliphatic rings. The van der Waals surface area contributed by atoms with Gasteiger partial charge in [-0.05, 0) is 49.2 Å². The number of nitrogens with one attached hydrogen (secondary N) is 2. The molecular weight excluding hydrogens is 476 g/mol. The van der Waals surface area contributed by atoms with Crippen molar-refractivity contribution in [3.05, 3.63) is 119 Å². The summed E-state index contributed by atoms with van der Waals surface area (Å²) in [5.74, 6) is -0.612. The molecule has 0 fully saturated rings. The third kappa shape index (κ3) is 5.44. The molecular formula is C30H24N6O2. The van der Waals surface area contributed by atoms with Crippen molar-refractivity contribution in [3.8, 4) is 0 Å². The number of carbonyl (C=O) groups is 2. The fourth-order valence-corrected chi connectivity index (χ4v) is 4.11. The van der Waals surface area contributed by atoms with Gasteiger partial charge in [0.2, 0.25) is 0 Å². The van der Waals surface area contributed by atoms with Crippen molar-refractivity contribution in [3.63, 3.8) is 0 Å². The van der Waals surface area contributed by atoms with Gasteiger partial charge in [0.1, 0.15) is 0 Å². The number of amides is 2.